The zero-order chi connectivity index (χ0) is 23.5. The third-order valence-electron chi connectivity index (χ3n) is 5.00. The number of aromatic nitrogens is 1. The van der Waals surface area contributed by atoms with E-state index in [4.69, 9.17) is 4.74 Å². The molecule has 1 unspecified atom stereocenters. The molecule has 0 saturated carbocycles. The first-order chi connectivity index (χ1) is 15.8. The molecule has 4 aromatic rings. The average molecular weight is 445 g/mol. The Hall–Kier alpha value is -4.17. The molecular formula is C25H23N3O5. The van der Waals surface area contributed by atoms with Crippen molar-refractivity contribution in [1.82, 2.24) is 4.98 Å². The highest BCUT2D eigenvalue weighted by Gasteiger charge is 2.16. The maximum atomic E-state index is 11.9. The second-order valence-corrected chi connectivity index (χ2v) is 7.79. The Labute approximate surface area is 189 Å². The number of pyridine rings is 1. The van der Waals surface area contributed by atoms with Gasteiger partial charge in [0, 0.05) is 22.0 Å². The lowest BCUT2D eigenvalue weighted by Gasteiger charge is -2.19. The number of aliphatic hydroxyl groups excluding tert-OH is 1. The maximum absolute atomic E-state index is 11.9. The van der Waals surface area contributed by atoms with Crippen molar-refractivity contribution in [3.8, 4) is 0 Å². The van der Waals surface area contributed by atoms with Gasteiger partial charge in [-0.05, 0) is 50.2 Å². The molecule has 0 spiro atoms. The number of carbonyl (C=O) groups excluding carboxylic acids is 1. The molecule has 0 aliphatic heterocycles. The first kappa shape index (κ1) is 22.0. The fourth-order valence-corrected chi connectivity index (χ4v) is 3.55. The van der Waals surface area contributed by atoms with Gasteiger partial charge in [0.2, 0.25) is 0 Å². The third kappa shape index (κ3) is 4.86. The number of carboxylic acids is 1. The van der Waals surface area contributed by atoms with Crippen LogP contribution in [0.2, 0.25) is 0 Å². The van der Waals surface area contributed by atoms with Crippen molar-refractivity contribution in [2.75, 3.05) is 10.6 Å². The Balaban J connectivity index is 1.70. The van der Waals surface area contributed by atoms with Gasteiger partial charge >= 0.3 is 12.1 Å². The molecule has 0 fully saturated rings. The zero-order valence-corrected chi connectivity index (χ0v) is 18.1. The predicted octanol–water partition coefficient (Wildman–Crippen LogP) is 5.15. The van der Waals surface area contributed by atoms with Crippen molar-refractivity contribution in [3.05, 3.63) is 77.9 Å². The molecule has 33 heavy (non-hydrogen) atoms. The number of ether oxygens (including phenoxy) is 1. The normalized spacial score (nSPS) is 12.0. The summed E-state index contributed by atoms with van der Waals surface area (Å²) >= 11 is 0. The van der Waals surface area contributed by atoms with Crippen LogP contribution in [0.4, 0.5) is 16.2 Å². The lowest BCUT2D eigenvalue weighted by atomic mass is 10.0. The predicted molar refractivity (Wildman–Crippen MR) is 126 cm³/mol. The Morgan fingerprint density at radius 3 is 2.45 bits per heavy atom. The molecule has 0 saturated heterocycles. The summed E-state index contributed by atoms with van der Waals surface area (Å²) in [6, 6.07) is 18.9. The number of carboxylic acid groups (broad SMARTS) is 1. The van der Waals surface area contributed by atoms with Crippen LogP contribution in [0.5, 0.6) is 0 Å². The number of anilines is 2. The Kier molecular flexibility index (Phi) is 6.10. The summed E-state index contributed by atoms with van der Waals surface area (Å²) in [6.45, 7) is 3.51. The van der Waals surface area contributed by atoms with Crippen LogP contribution in [0.1, 0.15) is 36.0 Å². The van der Waals surface area contributed by atoms with Gasteiger partial charge in [-0.3, -0.25) is 5.32 Å². The summed E-state index contributed by atoms with van der Waals surface area (Å²) in [5.74, 6) is -1.04. The largest absolute Gasteiger partial charge is 0.478 e. The van der Waals surface area contributed by atoms with Crippen molar-refractivity contribution in [2.45, 2.75) is 26.2 Å². The minimum atomic E-state index is -1.11. The summed E-state index contributed by atoms with van der Waals surface area (Å²) in [5.41, 5.74) is 2.91. The molecule has 0 bridgehead atoms. The number of para-hydroxylation sites is 1. The van der Waals surface area contributed by atoms with Crippen LogP contribution in [0, 0.1) is 0 Å². The van der Waals surface area contributed by atoms with Crippen molar-refractivity contribution in [3.63, 3.8) is 0 Å². The Bertz CT molecular complexity index is 1350. The minimum absolute atomic E-state index is 0.129. The fourth-order valence-electron chi connectivity index (χ4n) is 3.55. The molecule has 4 N–H and O–H groups in total. The number of rotatable bonds is 6. The number of fused-ring (bicyclic) bond motifs is 2. The summed E-state index contributed by atoms with van der Waals surface area (Å²) in [5, 5.41) is 27.5. The van der Waals surface area contributed by atoms with E-state index in [0.717, 1.165) is 5.39 Å². The molecular weight excluding hydrogens is 422 g/mol. The van der Waals surface area contributed by atoms with Gasteiger partial charge in [0.1, 0.15) is 0 Å². The topological polar surface area (TPSA) is 121 Å². The van der Waals surface area contributed by atoms with E-state index in [1.165, 1.54) is 12.1 Å². The van der Waals surface area contributed by atoms with E-state index in [-0.39, 0.29) is 11.7 Å². The smallest absolute Gasteiger partial charge is 0.411 e. The quantitative estimate of drug-likeness (QED) is 0.239. The van der Waals surface area contributed by atoms with Crippen LogP contribution in [-0.4, -0.2) is 33.4 Å². The van der Waals surface area contributed by atoms with Gasteiger partial charge in [0.15, 0.2) is 6.23 Å². The van der Waals surface area contributed by atoms with Gasteiger partial charge in [-0.1, -0.05) is 30.3 Å². The molecule has 8 nitrogen and oxygen atoms in total. The van der Waals surface area contributed by atoms with Gasteiger partial charge in [-0.15, -0.1) is 0 Å². The molecule has 4 rings (SSSR count). The molecule has 3 aromatic carbocycles. The van der Waals surface area contributed by atoms with Crippen LogP contribution < -0.4 is 10.6 Å². The highest BCUT2D eigenvalue weighted by Crippen LogP contribution is 2.33. The molecule has 1 aromatic heterocycles. The minimum Gasteiger partial charge on any atom is -0.478 e. The summed E-state index contributed by atoms with van der Waals surface area (Å²) in [4.78, 5) is 27.9. The van der Waals surface area contributed by atoms with E-state index < -0.39 is 18.3 Å². The highest BCUT2D eigenvalue weighted by atomic mass is 16.6. The number of hydrogen-bond donors (Lipinski definition) is 4. The fraction of sp³-hybridized carbons (Fsp3) is 0.160. The number of hydrogen-bond acceptors (Lipinski definition) is 6. The molecule has 1 atom stereocenters. The van der Waals surface area contributed by atoms with Crippen molar-refractivity contribution < 1.29 is 24.5 Å². The molecule has 8 heteroatoms. The lowest BCUT2D eigenvalue weighted by Crippen LogP contribution is -2.18. The van der Waals surface area contributed by atoms with Gasteiger partial charge in [0.25, 0.3) is 0 Å². The maximum Gasteiger partial charge on any atom is 0.411 e. The summed E-state index contributed by atoms with van der Waals surface area (Å²) in [7, 11) is 0. The van der Waals surface area contributed by atoms with E-state index in [1.54, 1.807) is 44.2 Å². The van der Waals surface area contributed by atoms with Crippen LogP contribution in [0.15, 0.2) is 66.7 Å². The summed E-state index contributed by atoms with van der Waals surface area (Å²) in [6.07, 6.45) is -1.94. The van der Waals surface area contributed by atoms with Crippen LogP contribution in [0.3, 0.4) is 0 Å². The Morgan fingerprint density at radius 1 is 0.939 bits per heavy atom. The number of benzene rings is 3. The van der Waals surface area contributed by atoms with Gasteiger partial charge < -0.3 is 20.3 Å². The third-order valence-corrected chi connectivity index (χ3v) is 5.00. The molecule has 168 valence electrons. The highest BCUT2D eigenvalue weighted by molar-refractivity contribution is 6.08. The first-order valence-corrected chi connectivity index (χ1v) is 10.4. The number of nitrogens with zero attached hydrogens (tertiary/aromatic N) is 1. The van der Waals surface area contributed by atoms with E-state index in [2.05, 4.69) is 15.6 Å². The summed E-state index contributed by atoms with van der Waals surface area (Å²) < 4.78 is 5.10. The SMILES string of the molecule is CC(C)OC(=O)Nc1cccc(C(O)Nc2c3ccccc3nc3cc(C(=O)O)ccc23)c1. The lowest BCUT2D eigenvalue weighted by molar-refractivity contribution is 0.0697. The van der Waals surface area contributed by atoms with Crippen LogP contribution in [-0.2, 0) is 4.74 Å². The molecule has 0 aliphatic rings. The van der Waals surface area contributed by atoms with E-state index in [0.29, 0.717) is 33.4 Å². The van der Waals surface area contributed by atoms with E-state index in [9.17, 15) is 19.8 Å². The van der Waals surface area contributed by atoms with Crippen LogP contribution >= 0.6 is 0 Å². The van der Waals surface area contributed by atoms with Crippen molar-refractivity contribution in [2.24, 2.45) is 0 Å². The molecule has 0 radical (unpaired) electrons. The van der Waals surface area contributed by atoms with Gasteiger partial charge in [-0.2, -0.15) is 0 Å². The van der Waals surface area contributed by atoms with Crippen molar-refractivity contribution >= 4 is 45.2 Å². The van der Waals surface area contributed by atoms with Gasteiger partial charge in [-0.25, -0.2) is 14.6 Å². The Morgan fingerprint density at radius 2 is 1.70 bits per heavy atom. The van der Waals surface area contributed by atoms with Crippen LogP contribution in [0.25, 0.3) is 21.8 Å². The number of aromatic carboxylic acids is 1. The zero-order valence-electron chi connectivity index (χ0n) is 18.1. The second kappa shape index (κ2) is 9.13. The van der Waals surface area contributed by atoms with E-state index >= 15 is 0 Å². The average Bonchev–Trinajstić information content (AvgIpc) is 2.78. The molecule has 0 aliphatic carbocycles. The second-order valence-electron chi connectivity index (χ2n) is 7.79. The monoisotopic (exact) mass is 445 g/mol. The first-order valence-electron chi connectivity index (χ1n) is 10.4. The number of aliphatic hydroxyl groups is 1. The molecule has 1 amide bonds. The number of nitrogens with one attached hydrogen (secondary N) is 2. The number of carbonyl (C=O) groups is 2. The standard InChI is InChI=1S/C25H23N3O5/c1-14(2)33-25(32)26-17-7-5-6-15(12-17)23(29)28-22-18-8-3-4-9-20(18)27-21-13-16(24(30)31)10-11-19(21)22/h3-14,23,29H,1-2H3,(H,26,32)(H,27,28)(H,30,31). The van der Waals surface area contributed by atoms with Gasteiger partial charge in [0.05, 0.1) is 28.4 Å². The van der Waals surface area contributed by atoms with Crippen molar-refractivity contribution in [1.29, 1.82) is 0 Å². The number of amides is 1. The van der Waals surface area contributed by atoms with E-state index in [1.807, 2.05) is 24.3 Å². The molecule has 1 heterocycles.